The largest absolute Gasteiger partial charge is 0.455 e. The molecule has 0 spiro atoms. The highest BCUT2D eigenvalue weighted by Crippen LogP contribution is 2.49. The highest BCUT2D eigenvalue weighted by molar-refractivity contribution is 8.17. The molecule has 0 saturated carbocycles. The van der Waals surface area contributed by atoms with Crippen molar-refractivity contribution in [3.63, 3.8) is 0 Å². The summed E-state index contributed by atoms with van der Waals surface area (Å²) in [5, 5.41) is 25.1. The molecular formula is C13H14N4O5S. The standard InChI is InChI=1S/C13H14N4O5S/c1-12(2)18-8-7(22-17(5-14)6-15)9-11(21-13(3,4)19-9)23(16)10(8)20-12/h16H2,1-4H3. The maximum Gasteiger partial charge on any atom is 0.249 e. The first kappa shape index (κ1) is 15.5. The molecule has 3 rings (SSSR count). The lowest BCUT2D eigenvalue weighted by molar-refractivity contribution is -0.127. The molecule has 1 unspecified atom stereocenters. The van der Waals surface area contributed by atoms with Crippen LogP contribution in [-0.4, -0.2) is 21.7 Å². The molecule has 122 valence electrons. The minimum atomic E-state index is -1.05. The molecule has 3 heterocycles. The fraction of sp³-hybridized carbons (Fsp3) is 0.462. The Kier molecular flexibility index (Phi) is 3.23. The van der Waals surface area contributed by atoms with Crippen molar-refractivity contribution in [2.45, 2.75) is 39.3 Å². The molecule has 9 nitrogen and oxygen atoms in total. The summed E-state index contributed by atoms with van der Waals surface area (Å²) < 4.78 is 22.8. The van der Waals surface area contributed by atoms with Gasteiger partial charge in [0.1, 0.15) is 0 Å². The Balaban J connectivity index is 2.14. The summed E-state index contributed by atoms with van der Waals surface area (Å²) >= 11 is 0. The van der Waals surface area contributed by atoms with E-state index in [0.717, 1.165) is 0 Å². The first-order valence-electron chi connectivity index (χ1n) is 6.56. The van der Waals surface area contributed by atoms with Gasteiger partial charge in [0.25, 0.3) is 0 Å². The molecular weight excluding hydrogens is 324 g/mol. The fourth-order valence-corrected chi connectivity index (χ4v) is 3.57. The lowest BCUT2D eigenvalue weighted by Crippen LogP contribution is -2.22. The highest BCUT2D eigenvalue weighted by Gasteiger charge is 2.49. The van der Waals surface area contributed by atoms with E-state index in [-0.39, 0.29) is 17.3 Å². The molecule has 0 aromatic rings. The summed E-state index contributed by atoms with van der Waals surface area (Å²) in [7, 11) is -1.05. The van der Waals surface area contributed by atoms with Crippen LogP contribution >= 0.6 is 10.7 Å². The van der Waals surface area contributed by atoms with E-state index in [1.165, 1.54) is 0 Å². The number of nitrogens with two attached hydrogens (primary N) is 1. The molecule has 1 fully saturated rings. The highest BCUT2D eigenvalue weighted by atomic mass is 32.2. The number of nitrogens with zero attached hydrogens (tertiary/aromatic N) is 3. The second kappa shape index (κ2) is 4.80. The number of hydroxylamine groups is 2. The number of rotatable bonds is 2. The normalized spacial score (nSPS) is 26.2. The minimum Gasteiger partial charge on any atom is -0.455 e. The van der Waals surface area contributed by atoms with Crippen LogP contribution in [0.1, 0.15) is 27.7 Å². The van der Waals surface area contributed by atoms with Gasteiger partial charge < -0.3 is 19.0 Å². The Morgan fingerprint density at radius 2 is 1.57 bits per heavy atom. The van der Waals surface area contributed by atoms with E-state index in [0.29, 0.717) is 15.2 Å². The maximum absolute atomic E-state index is 8.91. The number of fused-ring (bicyclic) bond motifs is 1. The molecule has 2 N–H and O–H groups in total. The zero-order chi connectivity index (χ0) is 17.0. The lowest BCUT2D eigenvalue weighted by atomic mass is 10.3. The molecule has 1 atom stereocenters. The summed E-state index contributed by atoms with van der Waals surface area (Å²) in [6.45, 7) is 6.79. The Morgan fingerprint density at radius 1 is 1.00 bits per heavy atom. The first-order chi connectivity index (χ1) is 10.7. The van der Waals surface area contributed by atoms with E-state index in [9.17, 15) is 0 Å². The van der Waals surface area contributed by atoms with Gasteiger partial charge in [0, 0.05) is 27.7 Å². The monoisotopic (exact) mass is 338 g/mol. The smallest absolute Gasteiger partial charge is 0.249 e. The Labute approximate surface area is 135 Å². The lowest BCUT2D eigenvalue weighted by Gasteiger charge is -2.19. The van der Waals surface area contributed by atoms with Crippen LogP contribution in [0.4, 0.5) is 0 Å². The number of nitriles is 2. The maximum atomic E-state index is 8.91. The van der Waals surface area contributed by atoms with Crippen molar-refractivity contribution in [3.05, 3.63) is 22.4 Å². The molecule has 0 radical (unpaired) electrons. The third-order valence-corrected chi connectivity index (χ3v) is 4.26. The van der Waals surface area contributed by atoms with E-state index < -0.39 is 22.2 Å². The van der Waals surface area contributed by atoms with Crippen LogP contribution in [0.5, 0.6) is 0 Å². The molecule has 10 heteroatoms. The van der Waals surface area contributed by atoms with Crippen LogP contribution in [0.15, 0.2) is 22.4 Å². The van der Waals surface area contributed by atoms with Crippen molar-refractivity contribution >= 4 is 15.7 Å². The third-order valence-electron chi connectivity index (χ3n) is 2.92. The second-order valence-corrected chi connectivity index (χ2v) is 7.11. The van der Waals surface area contributed by atoms with Crippen LogP contribution in [0, 0.1) is 22.9 Å². The van der Waals surface area contributed by atoms with Crippen molar-refractivity contribution in [2.24, 2.45) is 5.14 Å². The van der Waals surface area contributed by atoms with Gasteiger partial charge in [0.2, 0.25) is 46.3 Å². The van der Waals surface area contributed by atoms with Crippen LogP contribution in [-0.2, 0) is 23.8 Å². The molecule has 23 heavy (non-hydrogen) atoms. The minimum absolute atomic E-state index is 0.0171. The van der Waals surface area contributed by atoms with E-state index in [2.05, 4.69) is 0 Å². The number of ether oxygens (including phenoxy) is 4. The summed E-state index contributed by atoms with van der Waals surface area (Å²) in [4.78, 5) is 5.30. The Morgan fingerprint density at radius 3 is 2.17 bits per heavy atom. The van der Waals surface area contributed by atoms with Crippen molar-refractivity contribution in [2.75, 3.05) is 0 Å². The van der Waals surface area contributed by atoms with Gasteiger partial charge >= 0.3 is 0 Å². The van der Waals surface area contributed by atoms with Crippen molar-refractivity contribution in [1.82, 2.24) is 5.06 Å². The van der Waals surface area contributed by atoms with Gasteiger partial charge in [-0.25, -0.2) is 0 Å². The van der Waals surface area contributed by atoms with Gasteiger partial charge in [-0.2, -0.15) is 10.5 Å². The van der Waals surface area contributed by atoms with Crippen molar-refractivity contribution in [1.29, 1.82) is 10.5 Å². The van der Waals surface area contributed by atoms with Crippen LogP contribution in [0.3, 0.4) is 0 Å². The fourth-order valence-electron chi connectivity index (χ4n) is 2.15. The Hall–Kier alpha value is -2.40. The average molecular weight is 338 g/mol. The molecule has 3 aliphatic rings. The Bertz CT molecular complexity index is 751. The topological polar surface area (TPSA) is 123 Å². The zero-order valence-corrected chi connectivity index (χ0v) is 13.7. The van der Waals surface area contributed by atoms with Gasteiger partial charge in [-0.05, 0) is 15.7 Å². The SMILES string of the molecule is CC1(C)OC2=C(O1)S(N)=C1OC(C)(C)OC1=C2ON(C#N)C#N. The van der Waals surface area contributed by atoms with Crippen LogP contribution < -0.4 is 5.14 Å². The quantitative estimate of drug-likeness (QED) is 0.344. The molecule has 0 aromatic heterocycles. The summed E-state index contributed by atoms with van der Waals surface area (Å²) in [5.41, 5.74) is 0. The molecule has 0 amide bonds. The van der Waals surface area contributed by atoms with Crippen molar-refractivity contribution in [3.8, 4) is 12.4 Å². The molecule has 3 aliphatic heterocycles. The summed E-state index contributed by atoms with van der Waals surface area (Å²) in [6.07, 6.45) is 3.15. The van der Waals surface area contributed by atoms with Crippen molar-refractivity contribution < 1.29 is 23.8 Å². The van der Waals surface area contributed by atoms with E-state index in [4.69, 9.17) is 39.4 Å². The first-order valence-corrected chi connectivity index (χ1v) is 7.85. The molecule has 0 bridgehead atoms. The molecule has 0 aliphatic carbocycles. The number of hydrogen-bond donors (Lipinski definition) is 1. The van der Waals surface area contributed by atoms with E-state index in [1.807, 2.05) is 0 Å². The molecule has 0 aromatic carbocycles. The summed E-state index contributed by atoms with van der Waals surface area (Å²) in [5.74, 6) is -1.54. The van der Waals surface area contributed by atoms with Crippen LogP contribution in [0.2, 0.25) is 0 Å². The van der Waals surface area contributed by atoms with E-state index in [1.54, 1.807) is 40.1 Å². The predicted molar refractivity (Wildman–Crippen MR) is 77.5 cm³/mol. The molecule has 1 saturated heterocycles. The van der Waals surface area contributed by atoms with Gasteiger partial charge in [-0.15, -0.1) is 0 Å². The number of hydrogen-bond acceptors (Lipinski definition) is 9. The van der Waals surface area contributed by atoms with Crippen LogP contribution in [0.25, 0.3) is 0 Å². The van der Waals surface area contributed by atoms with Gasteiger partial charge in [0.15, 0.2) is 5.05 Å². The van der Waals surface area contributed by atoms with Gasteiger partial charge in [-0.3, -0.25) is 9.88 Å². The average Bonchev–Trinajstić information content (AvgIpc) is 2.95. The zero-order valence-electron chi connectivity index (χ0n) is 12.9. The predicted octanol–water partition coefficient (Wildman–Crippen LogP) is 1.41. The summed E-state index contributed by atoms with van der Waals surface area (Å²) in [6, 6.07) is 0. The third kappa shape index (κ3) is 2.47. The van der Waals surface area contributed by atoms with Gasteiger partial charge in [0.05, 0.1) is 0 Å². The second-order valence-electron chi connectivity index (χ2n) is 5.69. The van der Waals surface area contributed by atoms with E-state index >= 15 is 0 Å². The van der Waals surface area contributed by atoms with Gasteiger partial charge in [-0.1, -0.05) is 0 Å².